The largest absolute Gasteiger partial charge is 0.454 e. The van der Waals surface area contributed by atoms with E-state index in [1.54, 1.807) is 36.4 Å². The number of fused-ring (bicyclic) bond motifs is 1. The molecule has 1 heterocycles. The van der Waals surface area contributed by atoms with Crippen LogP contribution in [0.3, 0.4) is 0 Å². The van der Waals surface area contributed by atoms with E-state index in [4.69, 9.17) is 15.2 Å². The maximum Gasteiger partial charge on any atom is 0.261 e. The Hall–Kier alpha value is -2.25. The summed E-state index contributed by atoms with van der Waals surface area (Å²) >= 11 is 0. The highest BCUT2D eigenvalue weighted by atomic mass is 32.2. The third-order valence-electron chi connectivity index (χ3n) is 3.07. The first-order chi connectivity index (χ1) is 10.1. The van der Waals surface area contributed by atoms with Crippen LogP contribution in [0.4, 0.5) is 5.69 Å². The van der Waals surface area contributed by atoms with E-state index in [-0.39, 0.29) is 18.2 Å². The van der Waals surface area contributed by atoms with Gasteiger partial charge >= 0.3 is 0 Å². The molecule has 2 aromatic carbocycles. The standard InChI is InChI=1S/C14H14N2O4S/c15-8-10-2-1-3-12(6-10)21(17,18)16-11-4-5-13-14(7-11)20-9-19-13/h1-7,16H,8-9,15H2. The van der Waals surface area contributed by atoms with Gasteiger partial charge in [0.15, 0.2) is 11.5 Å². The molecule has 0 radical (unpaired) electrons. The number of benzene rings is 2. The zero-order chi connectivity index (χ0) is 14.9. The van der Waals surface area contributed by atoms with Crippen LogP contribution in [-0.2, 0) is 16.6 Å². The van der Waals surface area contributed by atoms with Gasteiger partial charge in [-0.3, -0.25) is 4.72 Å². The molecule has 3 N–H and O–H groups in total. The molecule has 110 valence electrons. The Morgan fingerprint density at radius 3 is 2.71 bits per heavy atom. The monoisotopic (exact) mass is 306 g/mol. The highest BCUT2D eigenvalue weighted by molar-refractivity contribution is 7.92. The summed E-state index contributed by atoms with van der Waals surface area (Å²) in [5.41, 5.74) is 6.70. The fourth-order valence-electron chi connectivity index (χ4n) is 2.01. The Balaban J connectivity index is 1.89. The van der Waals surface area contributed by atoms with E-state index in [0.717, 1.165) is 5.56 Å². The van der Waals surface area contributed by atoms with Gasteiger partial charge in [0.1, 0.15) is 0 Å². The van der Waals surface area contributed by atoms with E-state index in [2.05, 4.69) is 4.72 Å². The zero-order valence-corrected chi connectivity index (χ0v) is 11.9. The molecule has 0 saturated heterocycles. The zero-order valence-electron chi connectivity index (χ0n) is 11.1. The Morgan fingerprint density at radius 2 is 1.90 bits per heavy atom. The fraction of sp³-hybridized carbons (Fsp3) is 0.143. The summed E-state index contributed by atoms with van der Waals surface area (Å²) in [6, 6.07) is 11.4. The maximum absolute atomic E-state index is 12.3. The molecule has 0 spiro atoms. The normalized spacial score (nSPS) is 13.2. The van der Waals surface area contributed by atoms with Crippen molar-refractivity contribution in [2.45, 2.75) is 11.4 Å². The first-order valence-electron chi connectivity index (χ1n) is 6.30. The highest BCUT2D eigenvalue weighted by Crippen LogP contribution is 2.34. The molecule has 0 fully saturated rings. The molecule has 0 bridgehead atoms. The second-order valence-corrected chi connectivity index (χ2v) is 6.21. The van der Waals surface area contributed by atoms with Crippen molar-refractivity contribution in [1.29, 1.82) is 0 Å². The first kappa shape index (κ1) is 13.7. The minimum atomic E-state index is -3.67. The molecule has 1 aliphatic rings. The first-order valence-corrected chi connectivity index (χ1v) is 7.78. The quantitative estimate of drug-likeness (QED) is 0.896. The predicted molar refractivity (Wildman–Crippen MR) is 77.7 cm³/mol. The summed E-state index contributed by atoms with van der Waals surface area (Å²) in [6.07, 6.45) is 0. The Morgan fingerprint density at radius 1 is 1.10 bits per heavy atom. The summed E-state index contributed by atoms with van der Waals surface area (Å²) in [4.78, 5) is 0.170. The average molecular weight is 306 g/mol. The van der Waals surface area contributed by atoms with Crippen molar-refractivity contribution in [3.63, 3.8) is 0 Å². The minimum absolute atomic E-state index is 0.143. The van der Waals surface area contributed by atoms with Gasteiger partial charge in [0.2, 0.25) is 6.79 Å². The summed E-state index contributed by atoms with van der Waals surface area (Å²) in [7, 11) is -3.67. The highest BCUT2D eigenvalue weighted by Gasteiger charge is 2.18. The number of nitrogens with two attached hydrogens (primary N) is 1. The van der Waals surface area contributed by atoms with Gasteiger partial charge in [0.25, 0.3) is 10.0 Å². The Labute approximate surface area is 122 Å². The van der Waals surface area contributed by atoms with Crippen molar-refractivity contribution < 1.29 is 17.9 Å². The number of rotatable bonds is 4. The average Bonchev–Trinajstić information content (AvgIpc) is 2.94. The van der Waals surface area contributed by atoms with E-state index < -0.39 is 10.0 Å². The number of anilines is 1. The van der Waals surface area contributed by atoms with Crippen molar-refractivity contribution in [2.24, 2.45) is 5.73 Å². The van der Waals surface area contributed by atoms with Crippen molar-refractivity contribution >= 4 is 15.7 Å². The van der Waals surface area contributed by atoms with Gasteiger partial charge < -0.3 is 15.2 Å². The van der Waals surface area contributed by atoms with Crippen molar-refractivity contribution in [3.05, 3.63) is 48.0 Å². The molecule has 0 aliphatic carbocycles. The van der Waals surface area contributed by atoms with Crippen LogP contribution in [0.25, 0.3) is 0 Å². The molecular formula is C14H14N2O4S. The van der Waals surface area contributed by atoms with Crippen molar-refractivity contribution in [2.75, 3.05) is 11.5 Å². The van der Waals surface area contributed by atoms with Gasteiger partial charge in [-0.05, 0) is 29.8 Å². The lowest BCUT2D eigenvalue weighted by molar-refractivity contribution is 0.174. The topological polar surface area (TPSA) is 90.7 Å². The number of sulfonamides is 1. The van der Waals surface area contributed by atoms with E-state index in [1.807, 2.05) is 0 Å². The molecule has 3 rings (SSSR count). The third kappa shape index (κ3) is 2.79. The van der Waals surface area contributed by atoms with E-state index in [0.29, 0.717) is 17.2 Å². The van der Waals surface area contributed by atoms with Gasteiger partial charge in [-0.1, -0.05) is 12.1 Å². The molecule has 0 atom stereocenters. The lowest BCUT2D eigenvalue weighted by Gasteiger charge is -2.09. The van der Waals surface area contributed by atoms with Gasteiger partial charge in [-0.15, -0.1) is 0 Å². The van der Waals surface area contributed by atoms with Crippen molar-refractivity contribution in [1.82, 2.24) is 0 Å². The molecular weight excluding hydrogens is 292 g/mol. The Kier molecular flexibility index (Phi) is 3.44. The van der Waals surface area contributed by atoms with Crippen LogP contribution in [0, 0.1) is 0 Å². The van der Waals surface area contributed by atoms with Crippen LogP contribution in [0.5, 0.6) is 11.5 Å². The number of nitrogens with one attached hydrogen (secondary N) is 1. The second kappa shape index (κ2) is 5.27. The van der Waals surface area contributed by atoms with Crippen LogP contribution in [0.15, 0.2) is 47.4 Å². The summed E-state index contributed by atoms with van der Waals surface area (Å²) in [5, 5.41) is 0. The molecule has 0 saturated carbocycles. The minimum Gasteiger partial charge on any atom is -0.454 e. The Bertz CT molecular complexity index is 774. The maximum atomic E-state index is 12.3. The molecule has 7 heteroatoms. The van der Waals surface area contributed by atoms with Crippen LogP contribution in [0.1, 0.15) is 5.56 Å². The van der Waals surface area contributed by atoms with Crippen LogP contribution >= 0.6 is 0 Å². The lowest BCUT2D eigenvalue weighted by Crippen LogP contribution is -2.13. The van der Waals surface area contributed by atoms with Gasteiger partial charge in [0, 0.05) is 12.6 Å². The van der Waals surface area contributed by atoms with Gasteiger partial charge in [-0.25, -0.2) is 8.42 Å². The molecule has 21 heavy (non-hydrogen) atoms. The number of hydrogen-bond donors (Lipinski definition) is 2. The SMILES string of the molecule is NCc1cccc(S(=O)(=O)Nc2ccc3c(c2)OCO3)c1. The van der Waals surface area contributed by atoms with E-state index >= 15 is 0 Å². The molecule has 0 amide bonds. The smallest absolute Gasteiger partial charge is 0.261 e. The number of ether oxygens (including phenoxy) is 2. The van der Waals surface area contributed by atoms with E-state index in [9.17, 15) is 8.42 Å². The third-order valence-corrected chi connectivity index (χ3v) is 4.45. The lowest BCUT2D eigenvalue weighted by atomic mass is 10.2. The molecule has 1 aliphatic heterocycles. The summed E-state index contributed by atoms with van der Waals surface area (Å²) < 4.78 is 37.6. The summed E-state index contributed by atoms with van der Waals surface area (Å²) in [5.74, 6) is 1.12. The van der Waals surface area contributed by atoms with E-state index in [1.165, 1.54) is 6.07 Å². The van der Waals surface area contributed by atoms with Gasteiger partial charge in [-0.2, -0.15) is 0 Å². The number of hydrogen-bond acceptors (Lipinski definition) is 5. The fourth-order valence-corrected chi connectivity index (χ4v) is 3.13. The molecule has 0 unspecified atom stereocenters. The van der Waals surface area contributed by atoms with Crippen LogP contribution in [-0.4, -0.2) is 15.2 Å². The van der Waals surface area contributed by atoms with Crippen LogP contribution in [0.2, 0.25) is 0 Å². The summed E-state index contributed by atoms with van der Waals surface area (Å²) in [6.45, 7) is 0.428. The van der Waals surface area contributed by atoms with Gasteiger partial charge in [0.05, 0.1) is 10.6 Å². The predicted octanol–water partition coefficient (Wildman–Crippen LogP) is 1.67. The van der Waals surface area contributed by atoms with Crippen molar-refractivity contribution in [3.8, 4) is 11.5 Å². The second-order valence-electron chi connectivity index (χ2n) is 4.53. The molecule has 0 aromatic heterocycles. The van der Waals surface area contributed by atoms with Crippen LogP contribution < -0.4 is 19.9 Å². The molecule has 2 aromatic rings. The molecule has 6 nitrogen and oxygen atoms in total.